The first-order valence-electron chi connectivity index (χ1n) is 9.39. The Bertz CT molecular complexity index is 1020. The summed E-state index contributed by atoms with van der Waals surface area (Å²) in [6.45, 7) is 2.50. The Morgan fingerprint density at radius 3 is 2.59 bits per heavy atom. The molecule has 1 N–H and O–H groups in total. The lowest BCUT2D eigenvalue weighted by atomic mass is 10.2. The molecule has 1 aliphatic rings. The van der Waals surface area contributed by atoms with Gasteiger partial charge < -0.3 is 19.1 Å². The van der Waals surface area contributed by atoms with E-state index in [1.807, 2.05) is 35.2 Å². The van der Waals surface area contributed by atoms with E-state index in [-0.39, 0.29) is 29.4 Å². The fourth-order valence-corrected chi connectivity index (χ4v) is 3.35. The van der Waals surface area contributed by atoms with Crippen molar-refractivity contribution in [2.24, 2.45) is 7.05 Å². The van der Waals surface area contributed by atoms with Crippen molar-refractivity contribution in [3.05, 3.63) is 70.4 Å². The van der Waals surface area contributed by atoms with E-state index in [4.69, 9.17) is 4.74 Å². The molecule has 1 aromatic carbocycles. The summed E-state index contributed by atoms with van der Waals surface area (Å²) < 4.78 is 7.46. The first-order chi connectivity index (χ1) is 14.1. The van der Waals surface area contributed by atoms with Crippen molar-refractivity contribution in [3.63, 3.8) is 0 Å². The fraction of sp³-hybridized carbons (Fsp3) is 0.300. The van der Waals surface area contributed by atoms with Gasteiger partial charge in [0, 0.05) is 45.5 Å². The van der Waals surface area contributed by atoms with Crippen LogP contribution in [0.1, 0.15) is 16.1 Å². The molecule has 29 heavy (non-hydrogen) atoms. The molecule has 0 spiro atoms. The number of anilines is 1. The summed E-state index contributed by atoms with van der Waals surface area (Å²) in [6, 6.07) is 11.0. The van der Waals surface area contributed by atoms with Crippen LogP contribution in [-0.4, -0.2) is 56.7 Å². The van der Waals surface area contributed by atoms with Crippen molar-refractivity contribution >= 4 is 11.9 Å². The van der Waals surface area contributed by atoms with Gasteiger partial charge in [-0.3, -0.25) is 9.59 Å². The Hall–Kier alpha value is -3.62. The third-order valence-corrected chi connectivity index (χ3v) is 4.94. The van der Waals surface area contributed by atoms with Crippen molar-refractivity contribution < 1.29 is 9.53 Å². The van der Waals surface area contributed by atoms with Crippen LogP contribution in [0.15, 0.2) is 53.7 Å². The van der Waals surface area contributed by atoms with Gasteiger partial charge in [0.25, 0.3) is 5.91 Å². The molecular formula is C20H22N6O3. The molecule has 1 fully saturated rings. The van der Waals surface area contributed by atoms with Crippen LogP contribution in [0.25, 0.3) is 0 Å². The number of carbonyl (C=O) groups is 1. The maximum absolute atomic E-state index is 13.2. The third kappa shape index (κ3) is 3.98. The Morgan fingerprint density at radius 2 is 1.90 bits per heavy atom. The van der Waals surface area contributed by atoms with Gasteiger partial charge in [0.15, 0.2) is 11.4 Å². The van der Waals surface area contributed by atoms with Gasteiger partial charge in [-0.15, -0.1) is 0 Å². The van der Waals surface area contributed by atoms with Crippen LogP contribution in [0.2, 0.25) is 0 Å². The van der Waals surface area contributed by atoms with Crippen molar-refractivity contribution in [1.82, 2.24) is 24.6 Å². The lowest BCUT2D eigenvalue weighted by Crippen LogP contribution is -2.49. The maximum Gasteiger partial charge on any atom is 0.274 e. The van der Waals surface area contributed by atoms with Gasteiger partial charge in [-0.1, -0.05) is 30.3 Å². The molecular weight excluding hydrogens is 372 g/mol. The topological polar surface area (TPSA) is 96.3 Å². The van der Waals surface area contributed by atoms with Crippen LogP contribution >= 0.6 is 0 Å². The SMILES string of the molecule is Cn1ccc(=O)c(OCc2ccccc2)c1C(=O)N1CCN(c2ncn[nH]2)CC1. The number of aromatic amines is 1. The molecule has 3 heterocycles. The third-order valence-electron chi connectivity index (χ3n) is 4.94. The Labute approximate surface area is 167 Å². The van der Waals surface area contributed by atoms with E-state index in [9.17, 15) is 9.59 Å². The van der Waals surface area contributed by atoms with Crippen molar-refractivity contribution in [3.8, 4) is 5.75 Å². The highest BCUT2D eigenvalue weighted by Gasteiger charge is 2.28. The van der Waals surface area contributed by atoms with E-state index in [2.05, 4.69) is 15.2 Å². The zero-order chi connectivity index (χ0) is 20.2. The number of aromatic nitrogens is 4. The summed E-state index contributed by atoms with van der Waals surface area (Å²) in [6.07, 6.45) is 3.05. The van der Waals surface area contributed by atoms with Gasteiger partial charge >= 0.3 is 0 Å². The number of nitrogens with zero attached hydrogens (tertiary/aromatic N) is 5. The largest absolute Gasteiger partial charge is 0.483 e. The summed E-state index contributed by atoms with van der Waals surface area (Å²) in [7, 11) is 1.74. The van der Waals surface area contributed by atoms with Crippen molar-refractivity contribution in [2.75, 3.05) is 31.1 Å². The first kappa shape index (κ1) is 18.7. The average Bonchev–Trinajstić information content (AvgIpc) is 3.29. The lowest BCUT2D eigenvalue weighted by molar-refractivity contribution is 0.0729. The van der Waals surface area contributed by atoms with Crippen LogP contribution in [0.3, 0.4) is 0 Å². The number of amides is 1. The Kier molecular flexibility index (Phi) is 5.28. The minimum atomic E-state index is -0.303. The molecule has 1 amide bonds. The highest BCUT2D eigenvalue weighted by Crippen LogP contribution is 2.19. The summed E-state index contributed by atoms with van der Waals surface area (Å²) in [5, 5.41) is 6.70. The zero-order valence-corrected chi connectivity index (χ0v) is 16.1. The number of hydrogen-bond donors (Lipinski definition) is 1. The van der Waals surface area contributed by atoms with Crippen LogP contribution in [0.5, 0.6) is 5.75 Å². The highest BCUT2D eigenvalue weighted by atomic mass is 16.5. The number of benzene rings is 1. The fourth-order valence-electron chi connectivity index (χ4n) is 3.35. The number of pyridine rings is 1. The molecule has 3 aromatic rings. The summed E-state index contributed by atoms with van der Waals surface area (Å²) in [5.41, 5.74) is 0.890. The number of H-pyrrole nitrogens is 1. The summed E-state index contributed by atoms with van der Waals surface area (Å²) in [5.74, 6) is 0.558. The van der Waals surface area contributed by atoms with Crippen LogP contribution in [0, 0.1) is 0 Å². The van der Waals surface area contributed by atoms with E-state index >= 15 is 0 Å². The second-order valence-electron chi connectivity index (χ2n) is 6.83. The number of rotatable bonds is 5. The molecule has 0 aliphatic carbocycles. The lowest BCUT2D eigenvalue weighted by Gasteiger charge is -2.34. The van der Waals surface area contributed by atoms with Gasteiger partial charge in [-0.25, -0.2) is 5.10 Å². The van der Waals surface area contributed by atoms with E-state index in [0.717, 1.165) is 5.56 Å². The van der Waals surface area contributed by atoms with Crippen LogP contribution < -0.4 is 15.1 Å². The van der Waals surface area contributed by atoms with Crippen molar-refractivity contribution in [1.29, 1.82) is 0 Å². The van der Waals surface area contributed by atoms with E-state index in [1.165, 1.54) is 12.4 Å². The van der Waals surface area contributed by atoms with Crippen LogP contribution in [0.4, 0.5) is 5.95 Å². The second kappa shape index (κ2) is 8.17. The number of piperazine rings is 1. The molecule has 4 rings (SSSR count). The van der Waals surface area contributed by atoms with E-state index < -0.39 is 0 Å². The smallest absolute Gasteiger partial charge is 0.274 e. The van der Waals surface area contributed by atoms with Gasteiger partial charge in [0.1, 0.15) is 12.9 Å². The number of nitrogens with one attached hydrogen (secondary N) is 1. The minimum absolute atomic E-state index is 0.0847. The van der Waals surface area contributed by atoms with Crippen molar-refractivity contribution in [2.45, 2.75) is 6.61 Å². The highest BCUT2D eigenvalue weighted by molar-refractivity contribution is 5.95. The van der Waals surface area contributed by atoms with Gasteiger partial charge in [0.05, 0.1) is 0 Å². The Balaban J connectivity index is 1.52. The molecule has 0 radical (unpaired) electrons. The second-order valence-corrected chi connectivity index (χ2v) is 6.83. The molecule has 9 heteroatoms. The minimum Gasteiger partial charge on any atom is -0.483 e. The maximum atomic E-state index is 13.2. The normalized spacial score (nSPS) is 14.1. The number of aryl methyl sites for hydroxylation is 1. The molecule has 0 saturated carbocycles. The standard InChI is InChI=1S/C20H22N6O3/c1-24-8-7-16(27)18(29-13-15-5-3-2-4-6-15)17(24)19(28)25-9-11-26(12-10-25)20-21-14-22-23-20/h2-8,14H,9-13H2,1H3,(H,21,22,23). The molecule has 0 atom stereocenters. The molecule has 1 aliphatic heterocycles. The zero-order valence-electron chi connectivity index (χ0n) is 16.1. The molecule has 0 unspecified atom stereocenters. The monoisotopic (exact) mass is 394 g/mol. The average molecular weight is 394 g/mol. The number of ether oxygens (including phenoxy) is 1. The first-order valence-corrected chi connectivity index (χ1v) is 9.39. The molecule has 1 saturated heterocycles. The predicted octanol–water partition coefficient (Wildman–Crippen LogP) is 1.04. The molecule has 150 valence electrons. The molecule has 2 aromatic heterocycles. The number of hydrogen-bond acceptors (Lipinski definition) is 6. The summed E-state index contributed by atoms with van der Waals surface area (Å²) in [4.78, 5) is 33.6. The van der Waals surface area contributed by atoms with E-state index in [0.29, 0.717) is 32.1 Å². The molecule has 0 bridgehead atoms. The predicted molar refractivity (Wildman–Crippen MR) is 107 cm³/mol. The molecule has 9 nitrogen and oxygen atoms in total. The summed E-state index contributed by atoms with van der Waals surface area (Å²) >= 11 is 0. The van der Waals surface area contributed by atoms with Crippen LogP contribution in [-0.2, 0) is 13.7 Å². The van der Waals surface area contributed by atoms with Gasteiger partial charge in [0.2, 0.25) is 11.4 Å². The van der Waals surface area contributed by atoms with Gasteiger partial charge in [-0.05, 0) is 5.56 Å². The Morgan fingerprint density at radius 1 is 1.14 bits per heavy atom. The number of carbonyl (C=O) groups excluding carboxylic acids is 1. The van der Waals surface area contributed by atoms with E-state index in [1.54, 1.807) is 22.7 Å². The quantitative estimate of drug-likeness (QED) is 0.695. The van der Waals surface area contributed by atoms with Gasteiger partial charge in [-0.2, -0.15) is 10.1 Å².